The van der Waals surface area contributed by atoms with Crippen molar-refractivity contribution >= 4 is 45.3 Å². The first-order valence-corrected chi connectivity index (χ1v) is 11.3. The van der Waals surface area contributed by atoms with E-state index in [1.54, 1.807) is 34.6 Å². The highest BCUT2D eigenvalue weighted by Crippen LogP contribution is 2.28. The Balaban J connectivity index is 1.78. The van der Waals surface area contributed by atoms with Gasteiger partial charge in [0, 0.05) is 19.8 Å². The summed E-state index contributed by atoms with van der Waals surface area (Å²) in [6.07, 6.45) is 0. The molecule has 1 heterocycles. The number of rotatable bonds is 6. The predicted octanol–water partition coefficient (Wildman–Crippen LogP) is 4.21. The number of benzene rings is 2. The minimum atomic E-state index is -3.43. The van der Waals surface area contributed by atoms with E-state index in [0.717, 1.165) is 15.6 Å². The number of thioether (sulfide) groups is 1. The molecule has 0 atom stereocenters. The van der Waals surface area contributed by atoms with Crippen LogP contribution in [0.15, 0.2) is 63.8 Å². The van der Waals surface area contributed by atoms with Crippen LogP contribution in [0.2, 0.25) is 0 Å². The van der Waals surface area contributed by atoms with Crippen LogP contribution in [-0.4, -0.2) is 36.6 Å². The maximum absolute atomic E-state index is 12.3. The molecule has 0 radical (unpaired) electrons. The highest BCUT2D eigenvalue weighted by molar-refractivity contribution is 8.00. The van der Waals surface area contributed by atoms with Gasteiger partial charge < -0.3 is 0 Å². The lowest BCUT2D eigenvalue weighted by Gasteiger charge is -2.12. The van der Waals surface area contributed by atoms with Crippen LogP contribution in [0, 0.1) is 3.95 Å². The average molecular weight is 424 g/mol. The van der Waals surface area contributed by atoms with Crippen LogP contribution in [0.4, 0.5) is 0 Å². The van der Waals surface area contributed by atoms with Crippen molar-refractivity contribution < 1.29 is 8.42 Å². The average Bonchev–Trinajstić information content (AvgIpc) is 3.01. The van der Waals surface area contributed by atoms with Gasteiger partial charge in [0.15, 0.2) is 8.29 Å². The third-order valence-electron chi connectivity index (χ3n) is 3.57. The molecule has 0 aliphatic heterocycles. The van der Waals surface area contributed by atoms with Gasteiger partial charge in [0.1, 0.15) is 0 Å². The highest BCUT2D eigenvalue weighted by atomic mass is 32.2. The molecule has 9 heteroatoms. The van der Waals surface area contributed by atoms with Gasteiger partial charge in [-0.05, 0) is 42.0 Å². The molecule has 136 valence electrons. The van der Waals surface area contributed by atoms with E-state index in [0.29, 0.717) is 14.6 Å². The van der Waals surface area contributed by atoms with Crippen LogP contribution < -0.4 is 0 Å². The van der Waals surface area contributed by atoms with Crippen molar-refractivity contribution in [2.45, 2.75) is 15.0 Å². The van der Waals surface area contributed by atoms with E-state index in [1.807, 2.05) is 36.4 Å². The Morgan fingerprint density at radius 3 is 2.58 bits per heavy atom. The molecule has 3 aromatic rings. The Morgan fingerprint density at radius 1 is 1.15 bits per heavy atom. The topological polar surface area (TPSA) is 55.2 Å². The van der Waals surface area contributed by atoms with Crippen molar-refractivity contribution in [3.8, 4) is 5.69 Å². The molecule has 0 aliphatic carbocycles. The van der Waals surface area contributed by atoms with Gasteiger partial charge in [-0.25, -0.2) is 17.4 Å². The van der Waals surface area contributed by atoms with Gasteiger partial charge in [0.2, 0.25) is 10.0 Å². The van der Waals surface area contributed by atoms with Gasteiger partial charge in [-0.2, -0.15) is 0 Å². The van der Waals surface area contributed by atoms with Crippen LogP contribution in [-0.2, 0) is 15.8 Å². The summed E-state index contributed by atoms with van der Waals surface area (Å²) >= 11 is 8.39. The molecule has 0 spiro atoms. The van der Waals surface area contributed by atoms with Crippen LogP contribution >= 0.6 is 35.3 Å². The van der Waals surface area contributed by atoms with Crippen LogP contribution in [0.3, 0.4) is 0 Å². The molecule has 5 nitrogen and oxygen atoms in total. The first-order chi connectivity index (χ1) is 12.4. The normalized spacial score (nSPS) is 11.8. The number of para-hydroxylation sites is 1. The summed E-state index contributed by atoms with van der Waals surface area (Å²) in [5.74, 6) is 0.619. The fourth-order valence-corrected chi connectivity index (χ4v) is 5.48. The van der Waals surface area contributed by atoms with E-state index in [4.69, 9.17) is 12.2 Å². The zero-order valence-electron chi connectivity index (χ0n) is 14.2. The second-order valence-corrected chi connectivity index (χ2v) is 10.6. The summed E-state index contributed by atoms with van der Waals surface area (Å²) in [6, 6.07) is 16.7. The van der Waals surface area contributed by atoms with Gasteiger partial charge in [-0.1, -0.05) is 53.4 Å². The Kier molecular flexibility index (Phi) is 5.93. The standard InChI is InChI=1S/C17H17N3O2S4/c1-19(2)26(21,22)15-10-6-7-13(11-15)12-24-16-18-20(17(23)25-16)14-8-4-3-5-9-14/h3-11H,12H2,1-2H3. The minimum absolute atomic E-state index is 0.294. The van der Waals surface area contributed by atoms with Crippen LogP contribution in [0.25, 0.3) is 5.69 Å². The first kappa shape index (κ1) is 19.2. The molecule has 26 heavy (non-hydrogen) atoms. The maximum Gasteiger partial charge on any atom is 0.242 e. The fraction of sp³-hybridized carbons (Fsp3) is 0.176. The molecular formula is C17H17N3O2S4. The first-order valence-electron chi connectivity index (χ1n) is 7.68. The molecule has 2 aromatic carbocycles. The van der Waals surface area contributed by atoms with Crippen molar-refractivity contribution in [2.75, 3.05) is 14.1 Å². The molecular weight excluding hydrogens is 406 g/mol. The van der Waals surface area contributed by atoms with Gasteiger partial charge in [-0.3, -0.25) is 0 Å². The summed E-state index contributed by atoms with van der Waals surface area (Å²) in [5, 5.41) is 4.56. The van der Waals surface area contributed by atoms with E-state index in [-0.39, 0.29) is 0 Å². The van der Waals surface area contributed by atoms with Crippen LogP contribution in [0.5, 0.6) is 0 Å². The molecule has 0 bridgehead atoms. The summed E-state index contributed by atoms with van der Waals surface area (Å²) in [4.78, 5) is 0.294. The zero-order chi connectivity index (χ0) is 18.7. The fourth-order valence-electron chi connectivity index (χ4n) is 2.20. The Labute approximate surface area is 166 Å². The lowest BCUT2D eigenvalue weighted by Crippen LogP contribution is -2.22. The minimum Gasteiger partial charge on any atom is -0.211 e. The largest absolute Gasteiger partial charge is 0.242 e. The van der Waals surface area contributed by atoms with Crippen molar-refractivity contribution in [3.63, 3.8) is 0 Å². The summed E-state index contributed by atoms with van der Waals surface area (Å²) < 4.78 is 29.0. The SMILES string of the molecule is CN(C)S(=O)(=O)c1cccc(CSc2nn(-c3ccccc3)c(=S)s2)c1. The molecule has 0 unspecified atom stereocenters. The number of sulfonamides is 1. The highest BCUT2D eigenvalue weighted by Gasteiger charge is 2.17. The van der Waals surface area contributed by atoms with Gasteiger partial charge in [0.05, 0.1) is 10.6 Å². The van der Waals surface area contributed by atoms with Crippen molar-refractivity contribution in [2.24, 2.45) is 0 Å². The Bertz CT molecular complexity index is 1060. The quantitative estimate of drug-likeness (QED) is 0.439. The molecule has 0 saturated heterocycles. The van der Waals surface area contributed by atoms with E-state index in [2.05, 4.69) is 5.10 Å². The lowest BCUT2D eigenvalue weighted by molar-refractivity contribution is 0.520. The molecule has 1 aromatic heterocycles. The molecule has 0 amide bonds. The van der Waals surface area contributed by atoms with E-state index in [1.165, 1.54) is 29.7 Å². The Morgan fingerprint density at radius 2 is 1.88 bits per heavy atom. The van der Waals surface area contributed by atoms with E-state index < -0.39 is 10.0 Å². The lowest BCUT2D eigenvalue weighted by atomic mass is 10.2. The van der Waals surface area contributed by atoms with Crippen molar-refractivity contribution in [1.82, 2.24) is 14.1 Å². The smallest absolute Gasteiger partial charge is 0.211 e. The van der Waals surface area contributed by atoms with Gasteiger partial charge >= 0.3 is 0 Å². The molecule has 0 aliphatic rings. The monoisotopic (exact) mass is 423 g/mol. The third kappa shape index (κ3) is 4.24. The van der Waals surface area contributed by atoms with E-state index >= 15 is 0 Å². The third-order valence-corrected chi connectivity index (χ3v) is 7.82. The van der Waals surface area contributed by atoms with Gasteiger partial charge in [-0.15, -0.1) is 5.10 Å². The maximum atomic E-state index is 12.3. The summed E-state index contributed by atoms with van der Waals surface area (Å²) in [6.45, 7) is 0. The molecule has 0 N–H and O–H groups in total. The van der Waals surface area contributed by atoms with E-state index in [9.17, 15) is 8.42 Å². The molecule has 0 fully saturated rings. The van der Waals surface area contributed by atoms with Gasteiger partial charge in [0.25, 0.3) is 0 Å². The Hall–Kier alpha value is -1.52. The molecule has 0 saturated carbocycles. The van der Waals surface area contributed by atoms with Crippen molar-refractivity contribution in [3.05, 3.63) is 64.1 Å². The number of nitrogens with zero attached hydrogens (tertiary/aromatic N) is 3. The second-order valence-electron chi connectivity index (χ2n) is 5.60. The van der Waals surface area contributed by atoms with Crippen LogP contribution in [0.1, 0.15) is 5.56 Å². The summed E-state index contributed by atoms with van der Waals surface area (Å²) in [5.41, 5.74) is 1.85. The zero-order valence-corrected chi connectivity index (χ0v) is 17.5. The van der Waals surface area contributed by atoms with Crippen molar-refractivity contribution in [1.29, 1.82) is 0 Å². The second kappa shape index (κ2) is 8.01. The number of hydrogen-bond donors (Lipinski definition) is 0. The summed E-state index contributed by atoms with van der Waals surface area (Å²) in [7, 11) is -0.376. The number of hydrogen-bond acceptors (Lipinski definition) is 6. The molecule has 3 rings (SSSR count). The predicted molar refractivity (Wildman–Crippen MR) is 109 cm³/mol. The number of aromatic nitrogens is 2.